The Morgan fingerprint density at radius 2 is 0.758 bits per heavy atom. The number of hydrogen-bond donors (Lipinski definition) is 3. The number of aryl methyl sites for hydroxylation is 5. The van der Waals surface area contributed by atoms with Crippen LogP contribution in [0, 0.1) is 11.2 Å². The lowest BCUT2D eigenvalue weighted by atomic mass is 9.96. The molecule has 149 heavy (non-hydrogen) atoms. The molecule has 1 aliphatic rings. The second-order valence-corrected chi connectivity index (χ2v) is 39.3. The smallest absolute Gasteiger partial charge is 0.351 e. The minimum absolute atomic E-state index is 0.0590. The summed E-state index contributed by atoms with van der Waals surface area (Å²) in [6, 6.07) is 61.2. The summed E-state index contributed by atoms with van der Waals surface area (Å²) >= 11 is 24.7. The van der Waals surface area contributed by atoms with Gasteiger partial charge in [-0.1, -0.05) is 101 Å². The Kier molecular flexibility index (Phi) is 33.8. The number of amides is 3. The van der Waals surface area contributed by atoms with Crippen LogP contribution in [-0.4, -0.2) is 113 Å². The number of pyridine rings is 5. The Morgan fingerprint density at radius 1 is 0.369 bits per heavy atom. The fraction of sp³-hybridized carbons (Fsp3) is 0.259. The van der Waals surface area contributed by atoms with Crippen molar-refractivity contribution in [1.29, 1.82) is 0 Å². The second kappa shape index (κ2) is 45.7. The topological polar surface area (TPSA) is 257 Å². The molecule has 0 bridgehead atoms. The van der Waals surface area contributed by atoms with E-state index >= 15 is 0 Å². The van der Waals surface area contributed by atoms with Gasteiger partial charge in [0, 0.05) is 179 Å². The fourth-order valence-electron chi connectivity index (χ4n) is 16.9. The monoisotopic (exact) mass is 2120 g/mol. The molecule has 0 radical (unpaired) electrons. The number of rotatable bonds is 32. The van der Waals surface area contributed by atoms with Crippen LogP contribution >= 0.6 is 46.4 Å². The van der Waals surface area contributed by atoms with Gasteiger partial charge in [-0.3, -0.25) is 63.3 Å². The third kappa shape index (κ3) is 26.4. The number of fused-ring (bicyclic) bond motifs is 4. The van der Waals surface area contributed by atoms with Crippen molar-refractivity contribution in [1.82, 2.24) is 59.1 Å². The molecule has 20 nitrogen and oxygen atoms in total. The molecule has 1 fully saturated rings. The summed E-state index contributed by atoms with van der Waals surface area (Å²) in [5.74, 6) is -5.66. The average molecular weight is 2130 g/mol. The number of halogens is 17. The zero-order valence-corrected chi connectivity index (χ0v) is 84.8. The molecule has 37 heteroatoms. The van der Waals surface area contributed by atoms with Gasteiger partial charge in [-0.25, -0.2) is 43.9 Å². The minimum Gasteiger partial charge on any atom is -0.351 e. The van der Waals surface area contributed by atoms with E-state index < -0.39 is 106 Å². The Bertz CT molecular complexity index is 7320. The van der Waals surface area contributed by atoms with Gasteiger partial charge in [0.05, 0.1) is 46.3 Å². The van der Waals surface area contributed by atoms with Crippen LogP contribution < -0.4 is 16.0 Å². The van der Waals surface area contributed by atoms with Crippen molar-refractivity contribution in [3.8, 4) is 45.0 Å². The summed E-state index contributed by atoms with van der Waals surface area (Å²) in [5, 5.41) is 11.8. The highest BCUT2D eigenvalue weighted by molar-refractivity contribution is 6.34. The van der Waals surface area contributed by atoms with Gasteiger partial charge in [-0.2, -0.15) is 13.2 Å². The summed E-state index contributed by atoms with van der Waals surface area (Å²) in [7, 11) is 7.62. The maximum Gasteiger partial charge on any atom is 0.403 e. The van der Waals surface area contributed by atoms with E-state index in [1.165, 1.54) is 62.5 Å². The van der Waals surface area contributed by atoms with Gasteiger partial charge in [0.15, 0.2) is 45.9 Å². The molecule has 0 aliphatic heterocycles. The van der Waals surface area contributed by atoms with Crippen LogP contribution in [0.25, 0.3) is 88.8 Å². The normalized spacial score (nSPS) is 12.5. The van der Waals surface area contributed by atoms with E-state index in [2.05, 4.69) is 40.9 Å². The average Bonchev–Trinajstić information content (AvgIpc) is 1.59. The number of ketones is 5. The van der Waals surface area contributed by atoms with Gasteiger partial charge in [0.2, 0.25) is 5.91 Å². The van der Waals surface area contributed by atoms with Crippen molar-refractivity contribution in [3.63, 3.8) is 0 Å². The zero-order chi connectivity index (χ0) is 108. The van der Waals surface area contributed by atoms with E-state index in [9.17, 15) is 95.4 Å². The Labute approximate surface area is 866 Å². The number of alkyl halides is 12. The minimum atomic E-state index is -4.59. The first kappa shape index (κ1) is 110. The number of aromatic nitrogens is 9. The molecule has 1 saturated carbocycles. The van der Waals surface area contributed by atoms with E-state index in [1.54, 1.807) is 60.8 Å². The number of benzene rings is 7. The second-order valence-electron chi connectivity index (χ2n) is 37.5. The van der Waals surface area contributed by atoms with Crippen molar-refractivity contribution in [3.05, 3.63) is 347 Å². The molecule has 1 aliphatic carbocycles. The lowest BCUT2D eigenvalue weighted by Crippen LogP contribution is -2.40. The van der Waals surface area contributed by atoms with Crippen molar-refractivity contribution in [2.45, 2.75) is 155 Å². The summed E-state index contributed by atoms with van der Waals surface area (Å²) < 4.78 is 184. The molecule has 0 unspecified atom stereocenters. The van der Waals surface area contributed by atoms with Gasteiger partial charge in [0.25, 0.3) is 31.1 Å². The van der Waals surface area contributed by atoms with Crippen molar-refractivity contribution in [2.24, 2.45) is 33.6 Å². The quantitative estimate of drug-likeness (QED) is 0.0262. The van der Waals surface area contributed by atoms with E-state index in [0.29, 0.717) is 59.8 Å². The highest BCUT2D eigenvalue weighted by Crippen LogP contribution is 2.58. The molecule has 3 amide bonds. The number of carbonyl (C=O) groups excluding carboxylic acids is 8. The molecule has 16 aromatic rings. The van der Waals surface area contributed by atoms with Gasteiger partial charge < -0.3 is 34.2 Å². The van der Waals surface area contributed by atoms with Crippen LogP contribution in [0.5, 0.6) is 0 Å². The van der Waals surface area contributed by atoms with Gasteiger partial charge >= 0.3 is 6.18 Å². The summed E-state index contributed by atoms with van der Waals surface area (Å²) in [5.41, 5.74) is 4.26. The number of nitrogens with zero attached hydrogens (tertiary/aromatic N) is 9. The van der Waals surface area contributed by atoms with Gasteiger partial charge in [-0.05, 0) is 274 Å². The Hall–Kier alpha value is -14.5. The SMILES string of the molecule is Cn1c(-c2ccc(F)cc2)cc2cc(CC(=O)c3cc(CNC(=O)C4(C(F)(F)F)CC4)ccc3Cl)ccc21.Cn1c(-c2cccc(Cl)c2)cc2cc(CC(=O)c3cc(CCC(=O)C(C)(C)F)cnc3C(F)F)ccc21.Cn1c(-c2cccc(Cl)c2)cc2cc(CC(=O)c3cc(CNC(=O)C(C)(C)F)cnc3C(F)F)ncc21.Cn1c(-c2cccc(Cl)c2)cc2nc(CC(=O)c3cc(CNC(=O)C(C)(C)F)cnc3C(F)F)ccc21. The molecule has 17 rings (SSSR count). The Balaban J connectivity index is 0.000000157. The molecule has 0 atom stereocenters. The standard InChI is InChI=1S/C29H23ClF4N2O2.C29H26ClF3N2O2.2C27H24ClF3N4O2/c1-36-24-9-3-17(12-20(24)15-25(36)19-4-6-21(31)7-5-19)14-26(37)22-13-18(2-8-23(22)30)16-35-27(38)28(10-11-28)29(32,33)34;1-29(2,33)26(37)10-8-18-12-22(27(28(31)32)34-16-18)25(36)13-17-7-9-23-20(11-17)15-24(35(23)3)19-5-4-6-21(30)14-19;1-27(2,31)26(37)34-13-15-7-20(24(25(29)30)33-12-15)23(36)11-19-9-17-10-21(35(3)22(17)14-32-19)16-5-4-6-18(28)8-16;1-27(2,31)26(37)33-14-15-9-19(24(25(29)30)32-13-15)23(36)11-18-7-8-21-20(34-18)12-22(35(21)3)16-5-4-6-17(28)10-16/h2-9,12-13,15H,10-11,14,16H2,1H3,(H,35,38);4-7,9,11-12,14-16,28H,8,10,13H2,1-3H3;4-10,12,14,25H,11,13H2,1-3H3,(H,34,37);4-10,12-13,25H,11,14H2,1-3H3,(H,33,37). The summed E-state index contributed by atoms with van der Waals surface area (Å²) in [6.45, 7) is 6.28. The third-order valence-corrected chi connectivity index (χ3v) is 26.4. The predicted molar refractivity (Wildman–Crippen MR) is 547 cm³/mol. The maximum atomic E-state index is 13.8. The van der Waals surface area contributed by atoms with Crippen LogP contribution in [0.15, 0.2) is 237 Å². The fourth-order valence-corrected chi connectivity index (χ4v) is 17.7. The first-order valence-electron chi connectivity index (χ1n) is 46.6. The van der Waals surface area contributed by atoms with E-state index in [-0.39, 0.29) is 110 Å². The number of carbonyl (C=O) groups is 8. The molecule has 0 spiro atoms. The zero-order valence-electron chi connectivity index (χ0n) is 81.7. The predicted octanol–water partition coefficient (Wildman–Crippen LogP) is 26.6. The van der Waals surface area contributed by atoms with Crippen molar-refractivity contribution < 1.29 is 95.4 Å². The van der Waals surface area contributed by atoms with E-state index in [4.69, 9.17) is 46.4 Å². The molecule has 0 saturated heterocycles. The van der Waals surface area contributed by atoms with Gasteiger partial charge in [0.1, 0.15) is 28.3 Å². The van der Waals surface area contributed by atoms with Gasteiger partial charge in [-0.15, -0.1) is 0 Å². The molecule has 3 N–H and O–H groups in total. The molecular formula is C112H97Cl4F13N12O8. The molecular weight excluding hydrogens is 2030 g/mol. The van der Waals surface area contributed by atoms with Crippen LogP contribution in [0.2, 0.25) is 20.1 Å². The first-order chi connectivity index (χ1) is 70.3. The summed E-state index contributed by atoms with van der Waals surface area (Å²) in [6.07, 6.45) is -9.31. The lowest BCUT2D eigenvalue weighted by Gasteiger charge is -2.18. The van der Waals surface area contributed by atoms with Crippen LogP contribution in [0.1, 0.15) is 183 Å². The van der Waals surface area contributed by atoms with E-state index in [1.807, 2.05) is 162 Å². The third-order valence-electron chi connectivity index (χ3n) is 25.3. The van der Waals surface area contributed by atoms with Crippen molar-refractivity contribution in [2.75, 3.05) is 0 Å². The maximum absolute atomic E-state index is 13.8. The first-order valence-corrected chi connectivity index (χ1v) is 48.1. The molecule has 7 aromatic carbocycles. The van der Waals surface area contributed by atoms with Crippen LogP contribution in [-0.2, 0) is 99.1 Å². The van der Waals surface area contributed by atoms with Crippen LogP contribution in [0.3, 0.4) is 0 Å². The number of hydrogen-bond acceptors (Lipinski definition) is 13. The van der Waals surface area contributed by atoms with E-state index in [0.717, 1.165) is 129 Å². The molecule has 9 heterocycles. The number of nitrogens with one attached hydrogen (secondary N) is 3. The summed E-state index contributed by atoms with van der Waals surface area (Å²) in [4.78, 5) is 120. The highest BCUT2D eigenvalue weighted by atomic mass is 35.5. The molecule has 9 aromatic heterocycles. The highest BCUT2D eigenvalue weighted by Gasteiger charge is 2.68. The largest absolute Gasteiger partial charge is 0.403 e. The number of Topliss-reactive ketones (excluding diaryl/α,β-unsaturated/α-hetero) is 5. The lowest BCUT2D eigenvalue weighted by molar-refractivity contribution is -0.192. The Morgan fingerprint density at radius 3 is 1.20 bits per heavy atom. The molecule has 772 valence electrons. The van der Waals surface area contributed by atoms with Crippen molar-refractivity contribution >= 4 is 137 Å². The van der Waals surface area contributed by atoms with Crippen LogP contribution in [0.4, 0.5) is 57.1 Å².